The molecule has 0 aliphatic carbocycles. The van der Waals surface area contributed by atoms with E-state index in [-0.39, 0.29) is 0 Å². The minimum absolute atomic E-state index is 0.500. The number of rotatable bonds is 0. The van der Waals surface area contributed by atoms with Crippen LogP contribution in [-0.2, 0) is 0 Å². The Morgan fingerprint density at radius 2 is 1.67 bits per heavy atom. The van der Waals surface area contributed by atoms with Gasteiger partial charge in [-0.05, 0) is 12.1 Å². The van der Waals surface area contributed by atoms with Gasteiger partial charge in [-0.15, -0.1) is 0 Å². The molecule has 15 heavy (non-hydrogen) atoms. The van der Waals surface area contributed by atoms with Crippen LogP contribution in [0.25, 0.3) is 10.9 Å². The second-order valence-electron chi connectivity index (χ2n) is 2.18. The summed E-state index contributed by atoms with van der Waals surface area (Å²) in [5.41, 5.74) is 0.882. The van der Waals surface area contributed by atoms with Crippen LogP contribution in [0.2, 0.25) is 5.15 Å². The van der Waals surface area contributed by atoms with Crippen LogP contribution >= 0.6 is 11.6 Å². The number of benzene rings is 1. The molecule has 0 amide bonds. The summed E-state index contributed by atoms with van der Waals surface area (Å²) < 4.78 is 9.50. The van der Waals surface area contributed by atoms with Crippen LogP contribution in [0, 0.1) is 0 Å². The van der Waals surface area contributed by atoms with Crippen molar-refractivity contribution in [3.05, 3.63) is 35.7 Å². The van der Waals surface area contributed by atoms with Gasteiger partial charge in [-0.2, -0.15) is 0 Å². The van der Waals surface area contributed by atoms with Gasteiger partial charge in [-0.3, -0.25) is 4.39 Å². The van der Waals surface area contributed by atoms with Crippen molar-refractivity contribution in [2.45, 2.75) is 13.8 Å². The van der Waals surface area contributed by atoms with E-state index in [9.17, 15) is 4.39 Å². The summed E-state index contributed by atoms with van der Waals surface area (Å²) in [6, 6.07) is 7.64. The van der Waals surface area contributed by atoms with Gasteiger partial charge in [0.2, 0.25) is 0 Å². The second kappa shape index (κ2) is 8.12. The normalized spacial score (nSPS) is 8.33. The topological polar surface area (TPSA) is 25.8 Å². The van der Waals surface area contributed by atoms with Crippen LogP contribution in [-0.4, -0.2) is 17.1 Å². The number of aromatic nitrogens is 2. The van der Waals surface area contributed by atoms with Gasteiger partial charge in [-0.1, -0.05) is 37.6 Å². The van der Waals surface area contributed by atoms with Crippen molar-refractivity contribution in [1.82, 2.24) is 9.97 Å². The Morgan fingerprint density at radius 3 is 2.27 bits per heavy atom. The van der Waals surface area contributed by atoms with Crippen molar-refractivity contribution in [2.24, 2.45) is 0 Å². The number of hydrogen-bond donors (Lipinski definition) is 0. The molecule has 4 heteroatoms. The molecule has 0 N–H and O–H groups in total. The molecule has 1 aromatic carbocycles. The highest BCUT2D eigenvalue weighted by Gasteiger charge is 1.96. The van der Waals surface area contributed by atoms with Gasteiger partial charge in [0, 0.05) is 5.39 Å². The molecule has 0 saturated heterocycles. The van der Waals surface area contributed by atoms with Crippen molar-refractivity contribution in [1.29, 1.82) is 0 Å². The summed E-state index contributed by atoms with van der Waals surface area (Å²) in [6.45, 7) is 4.00. The fourth-order valence-electron chi connectivity index (χ4n) is 0.972. The molecular weight excluding hydrogens is 215 g/mol. The summed E-state index contributed by atoms with van der Waals surface area (Å²) in [4.78, 5) is 7.91. The molecule has 2 rings (SSSR count). The van der Waals surface area contributed by atoms with E-state index in [1.54, 1.807) is 0 Å². The summed E-state index contributed by atoms with van der Waals surface area (Å²) in [7, 11) is 0.500. The predicted octanol–water partition coefficient (Wildman–Crippen LogP) is 3.90. The molecule has 0 atom stereocenters. The quantitative estimate of drug-likeness (QED) is 0.640. The molecule has 0 aliphatic heterocycles. The maximum absolute atomic E-state index is 9.50. The van der Waals surface area contributed by atoms with E-state index in [0.29, 0.717) is 12.3 Å². The smallest absolute Gasteiger partial charge is 0.140 e. The van der Waals surface area contributed by atoms with E-state index >= 15 is 0 Å². The highest BCUT2D eigenvalue weighted by Crippen LogP contribution is 2.17. The molecule has 82 valence electrons. The second-order valence-corrected chi connectivity index (χ2v) is 2.54. The van der Waals surface area contributed by atoms with Crippen molar-refractivity contribution in [3.8, 4) is 0 Å². The first-order valence-electron chi connectivity index (χ1n) is 4.61. The van der Waals surface area contributed by atoms with Gasteiger partial charge in [0.15, 0.2) is 0 Å². The number of hydrogen-bond acceptors (Lipinski definition) is 2. The van der Waals surface area contributed by atoms with E-state index in [2.05, 4.69) is 9.97 Å². The molecule has 2 aromatic rings. The first-order valence-corrected chi connectivity index (χ1v) is 4.99. The van der Waals surface area contributed by atoms with Crippen molar-refractivity contribution in [3.63, 3.8) is 0 Å². The lowest BCUT2D eigenvalue weighted by Gasteiger charge is -1.95. The summed E-state index contributed by atoms with van der Waals surface area (Å²) in [5.74, 6) is 0. The fourth-order valence-corrected chi connectivity index (χ4v) is 1.18. The highest BCUT2D eigenvalue weighted by atomic mass is 35.5. The lowest BCUT2D eigenvalue weighted by molar-refractivity contribution is 0.636. The van der Waals surface area contributed by atoms with Crippen molar-refractivity contribution >= 4 is 22.5 Å². The van der Waals surface area contributed by atoms with E-state index in [1.807, 2.05) is 38.1 Å². The van der Waals surface area contributed by atoms with Crippen LogP contribution in [0.15, 0.2) is 30.6 Å². The lowest BCUT2D eigenvalue weighted by Crippen LogP contribution is -1.81. The highest BCUT2D eigenvalue weighted by molar-refractivity contribution is 6.33. The molecule has 0 fully saturated rings. The van der Waals surface area contributed by atoms with Crippen LogP contribution in [0.5, 0.6) is 0 Å². The Balaban J connectivity index is 0.000000442. The van der Waals surface area contributed by atoms with Gasteiger partial charge in [0.05, 0.1) is 12.7 Å². The Kier molecular flexibility index (Phi) is 7.46. The summed E-state index contributed by atoms with van der Waals surface area (Å²) in [5, 5.41) is 1.41. The van der Waals surface area contributed by atoms with Gasteiger partial charge < -0.3 is 0 Å². The third-order valence-corrected chi connectivity index (χ3v) is 1.80. The maximum Gasteiger partial charge on any atom is 0.140 e. The number of para-hydroxylation sites is 1. The van der Waals surface area contributed by atoms with Crippen LogP contribution in [0.3, 0.4) is 0 Å². The van der Waals surface area contributed by atoms with Crippen molar-refractivity contribution in [2.75, 3.05) is 7.18 Å². The molecule has 0 aliphatic rings. The third-order valence-electron chi connectivity index (χ3n) is 1.49. The monoisotopic (exact) mass is 228 g/mol. The van der Waals surface area contributed by atoms with Crippen LogP contribution in [0.4, 0.5) is 4.39 Å². The van der Waals surface area contributed by atoms with E-state index in [1.165, 1.54) is 6.33 Å². The Hall–Kier alpha value is -1.22. The van der Waals surface area contributed by atoms with E-state index in [0.717, 1.165) is 10.9 Å². The Morgan fingerprint density at radius 1 is 1.07 bits per heavy atom. The summed E-state index contributed by atoms with van der Waals surface area (Å²) in [6.07, 6.45) is 1.46. The zero-order chi connectivity index (χ0) is 11.7. The molecule has 0 spiro atoms. The Bertz CT molecular complexity index is 388. The molecular formula is C11H14ClFN2. The molecule has 1 heterocycles. The Labute approximate surface area is 94.1 Å². The zero-order valence-corrected chi connectivity index (χ0v) is 9.79. The minimum Gasteiger partial charge on any atom is -0.255 e. The zero-order valence-electron chi connectivity index (χ0n) is 9.04. The first-order chi connectivity index (χ1) is 7.38. The number of alkyl halides is 1. The molecule has 0 saturated carbocycles. The molecule has 1 aromatic heterocycles. The van der Waals surface area contributed by atoms with Gasteiger partial charge in [-0.25, -0.2) is 9.97 Å². The average Bonchev–Trinajstić information content (AvgIpc) is 2.35. The first kappa shape index (κ1) is 13.8. The maximum atomic E-state index is 9.50. The fraction of sp³-hybridized carbons (Fsp3) is 0.273. The van der Waals surface area contributed by atoms with E-state index < -0.39 is 0 Å². The SMILES string of the molecule is CC.CF.Clc1ncnc2ccccc12. The van der Waals surface area contributed by atoms with Gasteiger partial charge in [0.25, 0.3) is 0 Å². The predicted molar refractivity (Wildman–Crippen MR) is 62.9 cm³/mol. The summed E-state index contributed by atoms with van der Waals surface area (Å²) >= 11 is 5.81. The molecule has 0 unspecified atom stereocenters. The number of nitrogens with zero attached hydrogens (tertiary/aromatic N) is 2. The average molecular weight is 229 g/mol. The molecule has 2 nitrogen and oxygen atoms in total. The molecule has 0 radical (unpaired) electrons. The number of fused-ring (bicyclic) bond motifs is 1. The lowest BCUT2D eigenvalue weighted by atomic mass is 10.2. The van der Waals surface area contributed by atoms with Crippen LogP contribution < -0.4 is 0 Å². The minimum atomic E-state index is 0.500. The number of halogens is 2. The van der Waals surface area contributed by atoms with E-state index in [4.69, 9.17) is 11.6 Å². The third kappa shape index (κ3) is 3.80. The van der Waals surface area contributed by atoms with Gasteiger partial charge >= 0.3 is 0 Å². The standard InChI is InChI=1S/C8H5ClN2.C2H6.CH3F/c9-8-6-3-1-2-4-7(6)10-5-11-8;2*1-2/h1-5H;1-2H3;1H3. The largest absolute Gasteiger partial charge is 0.255 e. The van der Waals surface area contributed by atoms with Crippen molar-refractivity contribution < 1.29 is 4.39 Å². The van der Waals surface area contributed by atoms with Crippen LogP contribution in [0.1, 0.15) is 13.8 Å². The van der Waals surface area contributed by atoms with Gasteiger partial charge in [0.1, 0.15) is 11.5 Å². The molecule has 0 bridgehead atoms.